The standard InChI is InChI=1S/C19H19F2N5O3S/c20-12-1-2-14-16(8-12)30-18(23-14)24-19(29)26-5-3-25(4-6-26)17-13(21)7-11(9-22-17)15(28)10-27/h1-2,7-9,15,27-28H,3-6,10H2,(H,23,24,29)/t15-/m1/s1. The molecule has 1 fully saturated rings. The summed E-state index contributed by atoms with van der Waals surface area (Å²) in [5, 5.41) is 21.7. The Labute approximate surface area is 174 Å². The van der Waals surface area contributed by atoms with Crippen molar-refractivity contribution in [2.24, 2.45) is 0 Å². The SMILES string of the molecule is O=C(Nc1nc2ccc(F)cc2s1)N1CCN(c2ncc([C@H](O)CO)cc2F)CC1. The highest BCUT2D eigenvalue weighted by Crippen LogP contribution is 2.27. The number of fused-ring (bicyclic) bond motifs is 1. The first-order valence-electron chi connectivity index (χ1n) is 9.26. The number of benzene rings is 1. The summed E-state index contributed by atoms with van der Waals surface area (Å²) in [6, 6.07) is 5.06. The molecule has 3 N–H and O–H groups in total. The van der Waals surface area contributed by atoms with E-state index >= 15 is 0 Å². The van der Waals surface area contributed by atoms with Crippen LogP contribution in [-0.2, 0) is 0 Å². The minimum Gasteiger partial charge on any atom is -0.393 e. The number of anilines is 2. The number of hydrogen-bond acceptors (Lipinski definition) is 7. The first kappa shape index (κ1) is 20.4. The average molecular weight is 435 g/mol. The molecular formula is C19H19F2N5O3S. The highest BCUT2D eigenvalue weighted by atomic mass is 32.1. The Morgan fingerprint density at radius 2 is 2.00 bits per heavy atom. The van der Waals surface area contributed by atoms with E-state index in [1.807, 2.05) is 0 Å². The van der Waals surface area contributed by atoms with Gasteiger partial charge in [-0.25, -0.2) is 23.5 Å². The Morgan fingerprint density at radius 3 is 2.70 bits per heavy atom. The molecule has 0 bridgehead atoms. The van der Waals surface area contributed by atoms with Crippen LogP contribution in [0.4, 0.5) is 24.5 Å². The van der Waals surface area contributed by atoms with E-state index in [9.17, 15) is 18.7 Å². The molecular weight excluding hydrogens is 416 g/mol. The third kappa shape index (κ3) is 4.18. The van der Waals surface area contributed by atoms with Crippen molar-refractivity contribution in [2.75, 3.05) is 43.0 Å². The van der Waals surface area contributed by atoms with Crippen molar-refractivity contribution in [1.82, 2.24) is 14.9 Å². The fourth-order valence-corrected chi connectivity index (χ4v) is 4.09. The lowest BCUT2D eigenvalue weighted by Crippen LogP contribution is -2.50. The molecule has 0 aliphatic carbocycles. The monoisotopic (exact) mass is 435 g/mol. The van der Waals surface area contributed by atoms with Gasteiger partial charge >= 0.3 is 6.03 Å². The van der Waals surface area contributed by atoms with Crippen molar-refractivity contribution in [3.63, 3.8) is 0 Å². The quantitative estimate of drug-likeness (QED) is 0.582. The number of amides is 2. The number of aromatic nitrogens is 2. The lowest BCUT2D eigenvalue weighted by Gasteiger charge is -2.35. The number of thiazole rings is 1. The number of halogens is 2. The summed E-state index contributed by atoms with van der Waals surface area (Å²) in [4.78, 5) is 24.2. The number of aliphatic hydroxyl groups excluding tert-OH is 2. The Bertz CT molecular complexity index is 1070. The van der Waals surface area contributed by atoms with E-state index in [1.54, 1.807) is 15.9 Å². The van der Waals surface area contributed by atoms with Crippen LogP contribution in [0.1, 0.15) is 11.7 Å². The molecule has 2 aromatic heterocycles. The minimum absolute atomic E-state index is 0.136. The van der Waals surface area contributed by atoms with Gasteiger partial charge in [-0.15, -0.1) is 0 Å². The van der Waals surface area contributed by atoms with Gasteiger partial charge in [0.25, 0.3) is 0 Å². The highest BCUT2D eigenvalue weighted by Gasteiger charge is 2.25. The van der Waals surface area contributed by atoms with Crippen LogP contribution in [0.15, 0.2) is 30.5 Å². The number of carbonyl (C=O) groups excluding carboxylic acids is 1. The van der Waals surface area contributed by atoms with Gasteiger partial charge in [-0.3, -0.25) is 5.32 Å². The molecule has 1 saturated heterocycles. The molecule has 0 saturated carbocycles. The van der Waals surface area contributed by atoms with Crippen LogP contribution in [0, 0.1) is 11.6 Å². The fourth-order valence-electron chi connectivity index (χ4n) is 3.21. The van der Waals surface area contributed by atoms with Gasteiger partial charge in [0.05, 0.1) is 16.8 Å². The zero-order chi connectivity index (χ0) is 21.3. The molecule has 0 radical (unpaired) electrons. The summed E-state index contributed by atoms with van der Waals surface area (Å²) >= 11 is 1.19. The smallest absolute Gasteiger partial charge is 0.323 e. The maximum Gasteiger partial charge on any atom is 0.323 e. The summed E-state index contributed by atoms with van der Waals surface area (Å²) in [5.74, 6) is -0.823. The maximum absolute atomic E-state index is 14.4. The van der Waals surface area contributed by atoms with Crippen molar-refractivity contribution in [2.45, 2.75) is 6.10 Å². The topological polar surface area (TPSA) is 102 Å². The normalized spacial score (nSPS) is 15.5. The first-order chi connectivity index (χ1) is 14.4. The lowest BCUT2D eigenvalue weighted by molar-refractivity contribution is 0.0951. The number of aliphatic hydroxyl groups is 2. The maximum atomic E-state index is 14.4. The second kappa shape index (κ2) is 8.46. The largest absolute Gasteiger partial charge is 0.393 e. The highest BCUT2D eigenvalue weighted by molar-refractivity contribution is 7.22. The van der Waals surface area contributed by atoms with E-state index in [0.29, 0.717) is 41.5 Å². The van der Waals surface area contributed by atoms with Crippen molar-refractivity contribution >= 4 is 38.5 Å². The second-order valence-corrected chi connectivity index (χ2v) is 7.84. The number of piperazine rings is 1. The number of pyridine rings is 1. The molecule has 1 aliphatic rings. The van der Waals surface area contributed by atoms with Gasteiger partial charge in [0.2, 0.25) is 0 Å². The van der Waals surface area contributed by atoms with E-state index in [0.717, 1.165) is 6.07 Å². The molecule has 0 unspecified atom stereocenters. The zero-order valence-corrected chi connectivity index (χ0v) is 16.6. The van der Waals surface area contributed by atoms with Crippen LogP contribution in [-0.4, -0.2) is 63.9 Å². The molecule has 11 heteroatoms. The Kier molecular flexibility index (Phi) is 5.75. The van der Waals surface area contributed by atoms with Crippen LogP contribution in [0.2, 0.25) is 0 Å². The van der Waals surface area contributed by atoms with Gasteiger partial charge in [0.15, 0.2) is 16.8 Å². The zero-order valence-electron chi connectivity index (χ0n) is 15.8. The summed E-state index contributed by atoms with van der Waals surface area (Å²) in [6.45, 7) is 0.952. The second-order valence-electron chi connectivity index (χ2n) is 6.81. The number of nitrogens with zero attached hydrogens (tertiary/aromatic N) is 4. The summed E-state index contributed by atoms with van der Waals surface area (Å²) in [6.07, 6.45) is 0.148. The average Bonchev–Trinajstić information content (AvgIpc) is 3.14. The molecule has 8 nitrogen and oxygen atoms in total. The Morgan fingerprint density at radius 1 is 1.23 bits per heavy atom. The van der Waals surface area contributed by atoms with Crippen molar-refractivity contribution < 1.29 is 23.8 Å². The predicted octanol–water partition coefficient (Wildman–Crippen LogP) is 2.35. The van der Waals surface area contributed by atoms with E-state index < -0.39 is 18.5 Å². The van der Waals surface area contributed by atoms with E-state index in [2.05, 4.69) is 15.3 Å². The predicted molar refractivity (Wildman–Crippen MR) is 109 cm³/mol. The number of carbonyl (C=O) groups is 1. The van der Waals surface area contributed by atoms with Crippen LogP contribution in [0.5, 0.6) is 0 Å². The first-order valence-corrected chi connectivity index (χ1v) is 10.1. The molecule has 158 valence electrons. The fraction of sp³-hybridized carbons (Fsp3) is 0.316. The van der Waals surface area contributed by atoms with Crippen LogP contribution < -0.4 is 10.2 Å². The summed E-state index contributed by atoms with van der Waals surface area (Å²) < 4.78 is 28.3. The van der Waals surface area contributed by atoms with Crippen molar-refractivity contribution in [3.05, 3.63) is 47.7 Å². The molecule has 30 heavy (non-hydrogen) atoms. The molecule has 0 spiro atoms. The van der Waals surface area contributed by atoms with E-state index in [4.69, 9.17) is 5.11 Å². The third-order valence-corrected chi connectivity index (χ3v) is 5.76. The van der Waals surface area contributed by atoms with Crippen molar-refractivity contribution in [1.29, 1.82) is 0 Å². The molecule has 2 amide bonds. The van der Waals surface area contributed by atoms with Gasteiger partial charge in [-0.1, -0.05) is 11.3 Å². The van der Waals surface area contributed by atoms with E-state index in [1.165, 1.54) is 29.7 Å². The molecule has 3 heterocycles. The molecule has 3 aromatic rings. The Hall–Kier alpha value is -2.89. The number of urea groups is 1. The van der Waals surface area contributed by atoms with Crippen LogP contribution >= 0.6 is 11.3 Å². The molecule has 1 atom stereocenters. The Balaban J connectivity index is 1.37. The van der Waals surface area contributed by atoms with Gasteiger partial charge in [0.1, 0.15) is 11.9 Å². The number of nitrogens with one attached hydrogen (secondary N) is 1. The van der Waals surface area contributed by atoms with E-state index in [-0.39, 0.29) is 23.2 Å². The van der Waals surface area contributed by atoms with Gasteiger partial charge < -0.3 is 20.0 Å². The lowest BCUT2D eigenvalue weighted by atomic mass is 10.1. The van der Waals surface area contributed by atoms with Gasteiger partial charge in [0, 0.05) is 37.9 Å². The minimum atomic E-state index is -1.18. The van der Waals surface area contributed by atoms with Crippen LogP contribution in [0.3, 0.4) is 0 Å². The third-order valence-electron chi connectivity index (χ3n) is 4.83. The molecule has 4 rings (SSSR count). The van der Waals surface area contributed by atoms with Gasteiger partial charge in [-0.2, -0.15) is 0 Å². The van der Waals surface area contributed by atoms with Gasteiger partial charge in [-0.05, 0) is 24.3 Å². The number of rotatable bonds is 4. The van der Waals surface area contributed by atoms with Crippen LogP contribution in [0.25, 0.3) is 10.2 Å². The van der Waals surface area contributed by atoms with Crippen molar-refractivity contribution in [3.8, 4) is 0 Å². The molecule has 1 aromatic carbocycles. The number of hydrogen-bond donors (Lipinski definition) is 3. The summed E-state index contributed by atoms with van der Waals surface area (Å²) in [5.41, 5.74) is 0.810. The molecule has 1 aliphatic heterocycles. The summed E-state index contributed by atoms with van der Waals surface area (Å²) in [7, 11) is 0.